The standard InChI is InChI=1S/C13H19N3O2/c14-13-15-10-8-16(7-6-11(10)18-13)12(17)5-4-9-2-1-3-9/h9H,1-8H2,(H2,14,15). The Morgan fingerprint density at radius 2 is 2.33 bits per heavy atom. The zero-order valence-corrected chi connectivity index (χ0v) is 10.5. The van der Waals surface area contributed by atoms with E-state index in [0.717, 1.165) is 36.8 Å². The number of anilines is 1. The summed E-state index contributed by atoms with van der Waals surface area (Å²) >= 11 is 0. The second kappa shape index (κ2) is 4.63. The topological polar surface area (TPSA) is 72.4 Å². The monoisotopic (exact) mass is 249 g/mol. The molecule has 1 aromatic rings. The Hall–Kier alpha value is -1.52. The van der Waals surface area contributed by atoms with Gasteiger partial charge < -0.3 is 15.1 Å². The van der Waals surface area contributed by atoms with Gasteiger partial charge in [-0.05, 0) is 12.3 Å². The molecule has 3 rings (SSSR count). The average Bonchev–Trinajstić information content (AvgIpc) is 2.65. The van der Waals surface area contributed by atoms with Crippen LogP contribution in [0.2, 0.25) is 0 Å². The lowest BCUT2D eigenvalue weighted by atomic mass is 9.82. The lowest BCUT2D eigenvalue weighted by molar-refractivity contribution is -0.132. The minimum atomic E-state index is 0.212. The van der Waals surface area contributed by atoms with Gasteiger partial charge in [0, 0.05) is 19.4 Å². The first-order chi connectivity index (χ1) is 8.72. The van der Waals surface area contributed by atoms with E-state index in [4.69, 9.17) is 10.2 Å². The van der Waals surface area contributed by atoms with Crippen LogP contribution in [0.25, 0.3) is 0 Å². The van der Waals surface area contributed by atoms with Crippen LogP contribution < -0.4 is 5.73 Å². The Balaban J connectivity index is 1.55. The van der Waals surface area contributed by atoms with Gasteiger partial charge in [-0.3, -0.25) is 4.79 Å². The molecular formula is C13H19N3O2. The van der Waals surface area contributed by atoms with E-state index in [9.17, 15) is 4.79 Å². The molecule has 1 aromatic heterocycles. The molecule has 0 spiro atoms. The smallest absolute Gasteiger partial charge is 0.292 e. The minimum absolute atomic E-state index is 0.212. The molecule has 5 nitrogen and oxygen atoms in total. The van der Waals surface area contributed by atoms with Crippen LogP contribution in [-0.4, -0.2) is 22.3 Å². The first-order valence-corrected chi connectivity index (χ1v) is 6.74. The van der Waals surface area contributed by atoms with Crippen molar-refractivity contribution in [3.8, 4) is 0 Å². The number of nitrogens with zero attached hydrogens (tertiary/aromatic N) is 2. The molecule has 1 aliphatic carbocycles. The fourth-order valence-corrected chi connectivity index (χ4v) is 2.70. The molecule has 0 bridgehead atoms. The molecule has 0 unspecified atom stereocenters. The molecule has 1 aliphatic heterocycles. The van der Waals surface area contributed by atoms with Crippen LogP contribution >= 0.6 is 0 Å². The number of oxazole rings is 1. The van der Waals surface area contributed by atoms with E-state index in [0.29, 0.717) is 13.0 Å². The van der Waals surface area contributed by atoms with E-state index < -0.39 is 0 Å². The molecule has 2 heterocycles. The normalized spacial score (nSPS) is 19.4. The number of fused-ring (bicyclic) bond motifs is 1. The summed E-state index contributed by atoms with van der Waals surface area (Å²) in [4.78, 5) is 18.1. The van der Waals surface area contributed by atoms with Crippen LogP contribution in [0.3, 0.4) is 0 Å². The van der Waals surface area contributed by atoms with Crippen molar-refractivity contribution in [1.82, 2.24) is 9.88 Å². The van der Waals surface area contributed by atoms with E-state index >= 15 is 0 Å². The molecule has 0 atom stereocenters. The van der Waals surface area contributed by atoms with E-state index in [-0.39, 0.29) is 11.9 Å². The van der Waals surface area contributed by atoms with Crippen LogP contribution in [0.15, 0.2) is 4.42 Å². The number of aromatic nitrogens is 1. The van der Waals surface area contributed by atoms with Crippen LogP contribution in [0, 0.1) is 5.92 Å². The van der Waals surface area contributed by atoms with Crippen LogP contribution in [0.4, 0.5) is 6.01 Å². The number of hydrogen-bond acceptors (Lipinski definition) is 4. The summed E-state index contributed by atoms with van der Waals surface area (Å²) in [6.45, 7) is 1.28. The number of nitrogens with two attached hydrogens (primary N) is 1. The Labute approximate surface area is 106 Å². The Kier molecular flexibility index (Phi) is 2.97. The fourth-order valence-electron chi connectivity index (χ4n) is 2.70. The summed E-state index contributed by atoms with van der Waals surface area (Å²) in [6, 6.07) is 0.212. The average molecular weight is 249 g/mol. The largest absolute Gasteiger partial charge is 0.428 e. The molecule has 0 aromatic carbocycles. The van der Waals surface area contributed by atoms with Crippen LogP contribution in [0.1, 0.15) is 43.6 Å². The second-order valence-corrected chi connectivity index (χ2v) is 5.32. The predicted octanol–water partition coefficient (Wildman–Crippen LogP) is 1.72. The van der Waals surface area contributed by atoms with Crippen molar-refractivity contribution < 1.29 is 9.21 Å². The molecule has 98 valence electrons. The highest BCUT2D eigenvalue weighted by Gasteiger charge is 2.26. The summed E-state index contributed by atoms with van der Waals surface area (Å²) < 4.78 is 5.29. The molecule has 1 fully saturated rings. The molecule has 1 amide bonds. The summed E-state index contributed by atoms with van der Waals surface area (Å²) in [7, 11) is 0. The van der Waals surface area contributed by atoms with Gasteiger partial charge >= 0.3 is 0 Å². The quantitative estimate of drug-likeness (QED) is 0.885. The van der Waals surface area contributed by atoms with Crippen molar-refractivity contribution in [1.29, 1.82) is 0 Å². The van der Waals surface area contributed by atoms with Crippen molar-refractivity contribution in [2.45, 2.75) is 45.1 Å². The zero-order chi connectivity index (χ0) is 12.5. The maximum Gasteiger partial charge on any atom is 0.292 e. The summed E-state index contributed by atoms with van der Waals surface area (Å²) in [5.74, 6) is 1.88. The molecule has 0 saturated heterocycles. The first-order valence-electron chi connectivity index (χ1n) is 6.74. The number of carbonyl (C=O) groups excluding carboxylic acids is 1. The number of hydrogen-bond donors (Lipinski definition) is 1. The van der Waals surface area contributed by atoms with Crippen molar-refractivity contribution in [3.63, 3.8) is 0 Å². The Morgan fingerprint density at radius 1 is 1.50 bits per heavy atom. The van der Waals surface area contributed by atoms with E-state index in [1.165, 1.54) is 19.3 Å². The predicted molar refractivity (Wildman–Crippen MR) is 66.6 cm³/mol. The van der Waals surface area contributed by atoms with Gasteiger partial charge in [-0.1, -0.05) is 19.3 Å². The third-order valence-corrected chi connectivity index (χ3v) is 4.09. The minimum Gasteiger partial charge on any atom is -0.428 e. The Morgan fingerprint density at radius 3 is 3.06 bits per heavy atom. The molecule has 2 aliphatic rings. The van der Waals surface area contributed by atoms with Crippen LogP contribution in [0.5, 0.6) is 0 Å². The maximum absolute atomic E-state index is 12.1. The van der Waals surface area contributed by atoms with Gasteiger partial charge in [-0.2, -0.15) is 4.98 Å². The maximum atomic E-state index is 12.1. The summed E-state index contributed by atoms with van der Waals surface area (Å²) in [5, 5.41) is 0. The number of nitrogen functional groups attached to an aromatic ring is 1. The van der Waals surface area contributed by atoms with Crippen LogP contribution in [-0.2, 0) is 17.8 Å². The van der Waals surface area contributed by atoms with Crippen molar-refractivity contribution in [3.05, 3.63) is 11.5 Å². The van der Waals surface area contributed by atoms with Gasteiger partial charge in [-0.25, -0.2) is 0 Å². The Bertz CT molecular complexity index is 451. The molecule has 2 N–H and O–H groups in total. The highest BCUT2D eigenvalue weighted by atomic mass is 16.4. The first kappa shape index (κ1) is 11.6. The van der Waals surface area contributed by atoms with Crippen molar-refractivity contribution >= 4 is 11.9 Å². The van der Waals surface area contributed by atoms with Crippen molar-refractivity contribution in [2.24, 2.45) is 5.92 Å². The second-order valence-electron chi connectivity index (χ2n) is 5.32. The number of carbonyl (C=O) groups is 1. The van der Waals surface area contributed by atoms with Gasteiger partial charge in [-0.15, -0.1) is 0 Å². The van der Waals surface area contributed by atoms with Gasteiger partial charge in [0.1, 0.15) is 11.5 Å². The van der Waals surface area contributed by atoms with E-state index in [2.05, 4.69) is 4.98 Å². The van der Waals surface area contributed by atoms with E-state index in [1.807, 2.05) is 4.90 Å². The SMILES string of the molecule is Nc1nc2c(o1)CCN(C(=O)CCC1CCC1)C2. The van der Waals surface area contributed by atoms with E-state index in [1.54, 1.807) is 0 Å². The van der Waals surface area contributed by atoms with Gasteiger partial charge in [0.15, 0.2) is 0 Å². The fraction of sp³-hybridized carbons (Fsp3) is 0.692. The lowest BCUT2D eigenvalue weighted by Gasteiger charge is -2.28. The molecule has 18 heavy (non-hydrogen) atoms. The van der Waals surface area contributed by atoms with Gasteiger partial charge in [0.25, 0.3) is 6.01 Å². The lowest BCUT2D eigenvalue weighted by Crippen LogP contribution is -2.36. The highest BCUT2D eigenvalue weighted by molar-refractivity contribution is 5.76. The third-order valence-electron chi connectivity index (χ3n) is 4.09. The van der Waals surface area contributed by atoms with Gasteiger partial charge in [0.2, 0.25) is 5.91 Å². The third kappa shape index (κ3) is 2.21. The molecule has 0 radical (unpaired) electrons. The number of amides is 1. The summed E-state index contributed by atoms with van der Waals surface area (Å²) in [5.41, 5.74) is 6.35. The molecule has 5 heteroatoms. The van der Waals surface area contributed by atoms with Crippen molar-refractivity contribution in [2.75, 3.05) is 12.3 Å². The molecule has 1 saturated carbocycles. The highest BCUT2D eigenvalue weighted by Crippen LogP contribution is 2.31. The summed E-state index contributed by atoms with van der Waals surface area (Å²) in [6.07, 6.45) is 6.39. The molecular weight excluding hydrogens is 230 g/mol. The van der Waals surface area contributed by atoms with Gasteiger partial charge in [0.05, 0.1) is 6.54 Å². The zero-order valence-electron chi connectivity index (χ0n) is 10.5. The number of rotatable bonds is 3.